The molecule has 1 fully saturated rings. The van der Waals surface area contributed by atoms with E-state index in [1.807, 2.05) is 6.08 Å². The van der Waals surface area contributed by atoms with Gasteiger partial charge < -0.3 is 45.4 Å². The fourth-order valence-corrected chi connectivity index (χ4v) is 6.64. The third-order valence-corrected chi connectivity index (χ3v) is 10.1. The fraction of sp³-hybridized carbons (Fsp3) is 0.927. The summed E-state index contributed by atoms with van der Waals surface area (Å²) in [7, 11) is 0. The monoisotopic (exact) mass is 730 g/mol. The topological polar surface area (TPSA) is 169 Å². The van der Waals surface area contributed by atoms with Gasteiger partial charge in [0.15, 0.2) is 6.29 Å². The van der Waals surface area contributed by atoms with Gasteiger partial charge in [0.25, 0.3) is 0 Å². The molecule has 0 radical (unpaired) electrons. The summed E-state index contributed by atoms with van der Waals surface area (Å²) in [5.74, 6) is 0.149. The number of amides is 1. The van der Waals surface area contributed by atoms with Crippen molar-refractivity contribution < 1.29 is 44.9 Å². The molecule has 1 heterocycles. The molecule has 0 spiro atoms. The Morgan fingerprint density at radius 1 is 0.706 bits per heavy atom. The van der Waals surface area contributed by atoms with Crippen molar-refractivity contribution in [2.45, 2.75) is 224 Å². The highest BCUT2D eigenvalue weighted by molar-refractivity contribution is 5.80. The van der Waals surface area contributed by atoms with Gasteiger partial charge in [-0.05, 0) is 25.2 Å². The molecule has 0 aromatic rings. The average Bonchev–Trinajstić information content (AvgIpc) is 3.11. The van der Waals surface area contributed by atoms with E-state index in [0.717, 1.165) is 50.9 Å². The van der Waals surface area contributed by atoms with E-state index in [0.29, 0.717) is 6.42 Å². The molecule has 1 aliphatic rings. The Hall–Kier alpha value is -1.11. The van der Waals surface area contributed by atoms with Crippen LogP contribution in [0.15, 0.2) is 12.2 Å². The molecule has 10 heteroatoms. The van der Waals surface area contributed by atoms with E-state index in [1.54, 1.807) is 6.08 Å². The van der Waals surface area contributed by atoms with Crippen molar-refractivity contribution in [2.24, 2.45) is 5.92 Å². The second-order valence-corrected chi connectivity index (χ2v) is 15.4. The van der Waals surface area contributed by atoms with Crippen LogP contribution in [0.3, 0.4) is 0 Å². The number of carbonyl (C=O) groups is 1. The minimum atomic E-state index is -1.61. The van der Waals surface area contributed by atoms with Crippen molar-refractivity contribution in [3.05, 3.63) is 12.2 Å². The fourth-order valence-electron chi connectivity index (χ4n) is 6.64. The highest BCUT2D eigenvalue weighted by atomic mass is 16.7. The van der Waals surface area contributed by atoms with Gasteiger partial charge in [-0.2, -0.15) is 0 Å². The Morgan fingerprint density at radius 3 is 1.71 bits per heavy atom. The number of carbonyl (C=O) groups excluding carboxylic acids is 1. The van der Waals surface area contributed by atoms with Crippen molar-refractivity contribution in [1.29, 1.82) is 0 Å². The lowest BCUT2D eigenvalue weighted by Gasteiger charge is -2.40. The summed E-state index contributed by atoms with van der Waals surface area (Å²) < 4.78 is 11.1. The van der Waals surface area contributed by atoms with Gasteiger partial charge in [-0.25, -0.2) is 0 Å². The zero-order valence-corrected chi connectivity index (χ0v) is 32.6. The van der Waals surface area contributed by atoms with Crippen LogP contribution in [-0.4, -0.2) is 98.7 Å². The van der Waals surface area contributed by atoms with Crippen molar-refractivity contribution in [3.63, 3.8) is 0 Å². The number of ether oxygens (including phenoxy) is 2. The molecule has 0 saturated carbocycles. The quantitative estimate of drug-likeness (QED) is 0.0291. The second kappa shape index (κ2) is 31.3. The molecule has 7 N–H and O–H groups in total. The van der Waals surface area contributed by atoms with Gasteiger partial charge in [0.05, 0.1) is 25.4 Å². The highest BCUT2D eigenvalue weighted by Crippen LogP contribution is 2.23. The number of allylic oxidation sites excluding steroid dienone is 1. The molecule has 1 saturated heterocycles. The molecule has 0 aliphatic carbocycles. The second-order valence-electron chi connectivity index (χ2n) is 15.4. The van der Waals surface area contributed by atoms with Crippen LogP contribution < -0.4 is 5.32 Å². The summed E-state index contributed by atoms with van der Waals surface area (Å²) in [6.07, 6.45) is 21.7. The minimum Gasteiger partial charge on any atom is -0.394 e. The molecule has 51 heavy (non-hydrogen) atoms. The summed E-state index contributed by atoms with van der Waals surface area (Å²) in [6, 6.07) is -0.974. The summed E-state index contributed by atoms with van der Waals surface area (Å²) in [5, 5.41) is 64.4. The summed E-state index contributed by atoms with van der Waals surface area (Å²) in [6.45, 7) is 5.87. The Balaban J connectivity index is 2.48. The molecule has 1 rings (SSSR count). The minimum absolute atomic E-state index is 0.303. The number of hydrogen-bond donors (Lipinski definition) is 7. The molecule has 10 nitrogen and oxygen atoms in total. The maximum absolute atomic E-state index is 13.0. The van der Waals surface area contributed by atoms with E-state index in [-0.39, 0.29) is 6.61 Å². The van der Waals surface area contributed by atoms with Gasteiger partial charge in [0.2, 0.25) is 5.91 Å². The number of nitrogens with one attached hydrogen (secondary N) is 1. The average molecular weight is 730 g/mol. The maximum atomic E-state index is 13.0. The number of hydrogen-bond acceptors (Lipinski definition) is 9. The van der Waals surface area contributed by atoms with Crippen LogP contribution >= 0.6 is 0 Å². The molecular weight excluding hydrogens is 650 g/mol. The summed E-state index contributed by atoms with van der Waals surface area (Å²) in [4.78, 5) is 13.0. The first-order chi connectivity index (χ1) is 24.6. The van der Waals surface area contributed by atoms with Crippen molar-refractivity contribution in [2.75, 3.05) is 13.2 Å². The standard InChI is InChI=1S/C41H79NO9/c1-4-5-6-7-8-9-10-11-12-13-16-20-23-26-29-35(45)40(49)42-33(31-50-41-39(48)38(47)37(46)36(30-43)51-41)34(44)28-25-22-19-17-14-15-18-21-24-27-32(2)3/h25,28,32-39,41,43-48H,4-24,26-27,29-31H2,1-3H3,(H,42,49)/b28-25+/t33-,34+,35?,36+,37+,38-,39+,41+/m0/s1. The van der Waals surface area contributed by atoms with Crippen LogP contribution in [0.5, 0.6) is 0 Å². The zero-order valence-electron chi connectivity index (χ0n) is 32.6. The number of aliphatic hydroxyl groups is 6. The molecule has 1 aliphatic heterocycles. The lowest BCUT2D eigenvalue weighted by molar-refractivity contribution is -0.302. The first-order valence-electron chi connectivity index (χ1n) is 20.9. The third kappa shape index (κ3) is 23.3. The van der Waals surface area contributed by atoms with E-state index in [4.69, 9.17) is 9.47 Å². The lowest BCUT2D eigenvalue weighted by Crippen LogP contribution is -2.60. The third-order valence-electron chi connectivity index (χ3n) is 10.1. The predicted molar refractivity (Wildman–Crippen MR) is 204 cm³/mol. The van der Waals surface area contributed by atoms with Gasteiger partial charge in [-0.3, -0.25) is 4.79 Å². The van der Waals surface area contributed by atoms with Gasteiger partial charge in [0.1, 0.15) is 30.5 Å². The first-order valence-corrected chi connectivity index (χ1v) is 20.9. The van der Waals surface area contributed by atoms with Gasteiger partial charge in [-0.15, -0.1) is 0 Å². The van der Waals surface area contributed by atoms with Crippen LogP contribution in [0.4, 0.5) is 0 Å². The largest absolute Gasteiger partial charge is 0.394 e. The van der Waals surface area contributed by atoms with Gasteiger partial charge >= 0.3 is 0 Å². The van der Waals surface area contributed by atoms with Crippen LogP contribution in [0.25, 0.3) is 0 Å². The Labute approximate surface area is 310 Å². The predicted octanol–water partition coefficient (Wildman–Crippen LogP) is 6.60. The lowest BCUT2D eigenvalue weighted by atomic mass is 9.99. The molecule has 0 aromatic heterocycles. The summed E-state index contributed by atoms with van der Waals surface area (Å²) in [5.41, 5.74) is 0. The number of unbranched alkanes of at least 4 members (excludes halogenated alkanes) is 20. The van der Waals surface area contributed by atoms with E-state index >= 15 is 0 Å². The smallest absolute Gasteiger partial charge is 0.249 e. The van der Waals surface area contributed by atoms with Crippen molar-refractivity contribution in [3.8, 4) is 0 Å². The van der Waals surface area contributed by atoms with E-state index in [9.17, 15) is 35.4 Å². The normalized spacial score (nSPS) is 22.8. The first kappa shape index (κ1) is 47.9. The number of rotatable bonds is 33. The maximum Gasteiger partial charge on any atom is 0.249 e. The van der Waals surface area contributed by atoms with Crippen LogP contribution in [0.2, 0.25) is 0 Å². The van der Waals surface area contributed by atoms with Crippen molar-refractivity contribution in [1.82, 2.24) is 5.32 Å². The SMILES string of the molecule is CCCCCCCCCCCCCCCCC(O)C(=O)N[C@@H](CO[C@@H]1O[C@H](CO)[C@@H](O)[C@H](O)[C@H]1O)[C@H](O)/C=C/CCCCCCCCCC(C)C. The van der Waals surface area contributed by atoms with Gasteiger partial charge in [0, 0.05) is 0 Å². The van der Waals surface area contributed by atoms with Crippen LogP contribution in [0.1, 0.15) is 175 Å². The number of aliphatic hydroxyl groups excluding tert-OH is 6. The Bertz CT molecular complexity index is 842. The Morgan fingerprint density at radius 2 is 1.20 bits per heavy atom. The van der Waals surface area contributed by atoms with E-state index in [2.05, 4.69) is 26.1 Å². The zero-order chi connectivity index (χ0) is 37.7. The van der Waals surface area contributed by atoms with E-state index in [1.165, 1.54) is 103 Å². The Kier molecular flexibility index (Phi) is 29.4. The highest BCUT2D eigenvalue weighted by Gasteiger charge is 2.44. The van der Waals surface area contributed by atoms with Crippen LogP contribution in [-0.2, 0) is 14.3 Å². The van der Waals surface area contributed by atoms with E-state index < -0.39 is 61.5 Å². The van der Waals surface area contributed by atoms with Crippen LogP contribution in [0, 0.1) is 5.92 Å². The summed E-state index contributed by atoms with van der Waals surface area (Å²) >= 11 is 0. The molecule has 8 atom stereocenters. The van der Waals surface area contributed by atoms with Gasteiger partial charge in [-0.1, -0.05) is 168 Å². The van der Waals surface area contributed by atoms with Crippen molar-refractivity contribution >= 4 is 5.91 Å². The molecular formula is C41H79NO9. The molecule has 0 bridgehead atoms. The molecule has 0 aromatic carbocycles. The molecule has 1 unspecified atom stereocenters. The molecule has 1 amide bonds. The molecule has 302 valence electrons.